The van der Waals surface area contributed by atoms with Crippen LogP contribution in [0.15, 0.2) is 29.4 Å². The van der Waals surface area contributed by atoms with E-state index in [1.807, 2.05) is 0 Å². The number of aliphatic carboxylic acids is 2. The predicted molar refractivity (Wildman–Crippen MR) is 106 cm³/mol. The molecule has 1 heterocycles. The summed E-state index contributed by atoms with van der Waals surface area (Å²) in [6, 6.07) is 4.78. The molecule has 3 amide bonds. The minimum atomic E-state index is -1.11. The maximum atomic E-state index is 12.5. The van der Waals surface area contributed by atoms with Crippen LogP contribution in [-0.2, 0) is 14.4 Å². The summed E-state index contributed by atoms with van der Waals surface area (Å²) in [7, 11) is 0. The molecule has 0 unspecified atom stereocenters. The van der Waals surface area contributed by atoms with Gasteiger partial charge in [-0.25, -0.2) is 9.59 Å². The second kappa shape index (κ2) is 11.3. The average molecular weight is 407 g/mol. The van der Waals surface area contributed by atoms with Crippen molar-refractivity contribution >= 4 is 35.8 Å². The highest BCUT2D eigenvalue weighted by Gasteiger charge is 2.34. The highest BCUT2D eigenvalue weighted by Crippen LogP contribution is 2.21. The first-order chi connectivity index (χ1) is 13.7. The van der Waals surface area contributed by atoms with Crippen LogP contribution < -0.4 is 21.4 Å². The van der Waals surface area contributed by atoms with Crippen molar-refractivity contribution in [2.45, 2.75) is 38.8 Å². The number of carbonyl (C=O) groups excluding carboxylic acids is 2. The molecule has 0 bridgehead atoms. The largest absolute Gasteiger partial charge is 0.481 e. The first-order valence-corrected chi connectivity index (χ1v) is 8.83. The first kappa shape index (κ1) is 23.4. The number of hydrazone groups is 1. The van der Waals surface area contributed by atoms with E-state index in [1.165, 1.54) is 6.21 Å². The Kier molecular flexibility index (Phi) is 9.10. The molecular formula is C18H25N5O6. The van der Waals surface area contributed by atoms with Gasteiger partial charge in [-0.1, -0.05) is 19.1 Å². The molecule has 1 saturated heterocycles. The lowest BCUT2D eigenvalue weighted by atomic mass is 10.2. The Morgan fingerprint density at radius 2 is 1.90 bits per heavy atom. The normalized spacial score (nSPS) is 16.7. The summed E-state index contributed by atoms with van der Waals surface area (Å²) in [6.45, 7) is 3.20. The van der Waals surface area contributed by atoms with Gasteiger partial charge in [-0.15, -0.1) is 0 Å². The zero-order chi connectivity index (χ0) is 22.0. The summed E-state index contributed by atoms with van der Waals surface area (Å²) < 4.78 is 0. The number of amides is 3. The van der Waals surface area contributed by atoms with Crippen molar-refractivity contribution in [3.05, 3.63) is 29.8 Å². The summed E-state index contributed by atoms with van der Waals surface area (Å²) in [4.78, 5) is 45.9. The van der Waals surface area contributed by atoms with Crippen LogP contribution in [0.4, 0.5) is 10.5 Å². The van der Waals surface area contributed by atoms with E-state index in [4.69, 9.17) is 20.9 Å². The fourth-order valence-corrected chi connectivity index (χ4v) is 2.59. The molecule has 1 aliphatic heterocycles. The monoisotopic (exact) mass is 407 g/mol. The molecule has 0 aliphatic carbocycles. The number of nitrogens with zero attached hydrogens (tertiary/aromatic N) is 2. The number of urea groups is 1. The molecule has 1 aromatic rings. The smallest absolute Gasteiger partial charge is 0.326 e. The third-order valence-electron chi connectivity index (χ3n) is 3.95. The lowest BCUT2D eigenvalue weighted by molar-refractivity contribution is -0.139. The van der Waals surface area contributed by atoms with E-state index >= 15 is 0 Å². The molecule has 0 spiro atoms. The minimum Gasteiger partial charge on any atom is -0.481 e. The summed E-state index contributed by atoms with van der Waals surface area (Å²) >= 11 is 0. The van der Waals surface area contributed by atoms with Crippen molar-refractivity contribution in [1.82, 2.24) is 10.6 Å². The molecule has 1 aliphatic rings. The zero-order valence-electron chi connectivity index (χ0n) is 16.2. The van der Waals surface area contributed by atoms with Crippen LogP contribution in [0.25, 0.3) is 0 Å². The number of rotatable bonds is 6. The molecule has 0 radical (unpaired) electrons. The van der Waals surface area contributed by atoms with Gasteiger partial charge in [0.15, 0.2) is 0 Å². The number of nitrogens with one attached hydrogen (secondary N) is 2. The number of benzene rings is 1. The van der Waals surface area contributed by atoms with Crippen LogP contribution in [0, 0.1) is 0 Å². The molecule has 6 N–H and O–H groups in total. The SMILES string of the molecule is CC(=O)O.CC[C@@H](NC(=O)N[C@H]1CCN(c2ccc(C=NN)cc2)C1=O)C(=O)O. The van der Waals surface area contributed by atoms with Crippen molar-refractivity contribution in [2.24, 2.45) is 10.9 Å². The molecule has 2 rings (SSSR count). The van der Waals surface area contributed by atoms with Crippen molar-refractivity contribution in [3.63, 3.8) is 0 Å². The molecule has 29 heavy (non-hydrogen) atoms. The molecule has 0 aromatic heterocycles. The number of carboxylic acids is 2. The Morgan fingerprint density at radius 3 is 2.38 bits per heavy atom. The van der Waals surface area contributed by atoms with Crippen LogP contribution in [0.2, 0.25) is 0 Å². The van der Waals surface area contributed by atoms with E-state index in [0.29, 0.717) is 18.7 Å². The van der Waals surface area contributed by atoms with Crippen molar-refractivity contribution in [2.75, 3.05) is 11.4 Å². The number of hydrogen-bond donors (Lipinski definition) is 5. The van der Waals surface area contributed by atoms with Gasteiger partial charge in [0.05, 0.1) is 6.21 Å². The van der Waals surface area contributed by atoms with Gasteiger partial charge < -0.3 is 31.6 Å². The molecule has 2 atom stereocenters. The number of carboxylic acid groups (broad SMARTS) is 2. The molecule has 11 heteroatoms. The first-order valence-electron chi connectivity index (χ1n) is 8.83. The van der Waals surface area contributed by atoms with Gasteiger partial charge in [0.2, 0.25) is 5.91 Å². The third kappa shape index (κ3) is 7.48. The van der Waals surface area contributed by atoms with Crippen LogP contribution in [-0.4, -0.2) is 58.9 Å². The Labute approximate surface area is 167 Å². The Hall–Kier alpha value is -3.63. The van der Waals surface area contributed by atoms with Gasteiger partial charge in [-0.3, -0.25) is 9.59 Å². The molecule has 11 nitrogen and oxygen atoms in total. The molecule has 158 valence electrons. The fourth-order valence-electron chi connectivity index (χ4n) is 2.59. The van der Waals surface area contributed by atoms with Crippen LogP contribution >= 0.6 is 0 Å². The fraction of sp³-hybridized carbons (Fsp3) is 0.389. The van der Waals surface area contributed by atoms with Gasteiger partial charge in [-0.2, -0.15) is 5.10 Å². The van der Waals surface area contributed by atoms with Crippen molar-refractivity contribution in [3.8, 4) is 0 Å². The van der Waals surface area contributed by atoms with Crippen LogP contribution in [0.3, 0.4) is 0 Å². The summed E-state index contributed by atoms with van der Waals surface area (Å²) in [6.07, 6.45) is 2.20. The van der Waals surface area contributed by atoms with E-state index in [0.717, 1.165) is 12.5 Å². The van der Waals surface area contributed by atoms with Crippen molar-refractivity contribution < 1.29 is 29.4 Å². The topological polar surface area (TPSA) is 174 Å². The standard InChI is InChI=1S/C16H21N5O4.C2H4O2/c1-2-12(15(23)24)19-16(25)20-13-7-8-21(14(13)22)11-5-3-10(4-6-11)9-18-17;1-2(3)4/h3-6,9,12-13H,2,7-8,17H2,1H3,(H,23,24)(H2,19,20,25);1H3,(H,3,4)/t12-,13+;/m1./s1. The quantitative estimate of drug-likeness (QED) is 0.257. The highest BCUT2D eigenvalue weighted by molar-refractivity contribution is 6.01. The van der Waals surface area contributed by atoms with Gasteiger partial charge >= 0.3 is 12.0 Å². The Balaban J connectivity index is 0.000000960. The second-order valence-electron chi connectivity index (χ2n) is 6.14. The number of hydrogen-bond acceptors (Lipinski definition) is 6. The van der Waals surface area contributed by atoms with E-state index in [-0.39, 0.29) is 12.3 Å². The van der Waals surface area contributed by atoms with E-state index in [9.17, 15) is 14.4 Å². The number of carbonyl (C=O) groups is 4. The van der Waals surface area contributed by atoms with Crippen LogP contribution in [0.5, 0.6) is 0 Å². The van der Waals surface area contributed by atoms with Crippen LogP contribution in [0.1, 0.15) is 32.3 Å². The van der Waals surface area contributed by atoms with E-state index in [1.54, 1.807) is 36.1 Å². The average Bonchev–Trinajstić information content (AvgIpc) is 3.00. The maximum absolute atomic E-state index is 12.5. The summed E-state index contributed by atoms with van der Waals surface area (Å²) in [5.74, 6) is 2.91. The maximum Gasteiger partial charge on any atom is 0.326 e. The van der Waals surface area contributed by atoms with E-state index in [2.05, 4.69) is 15.7 Å². The lowest BCUT2D eigenvalue weighted by Gasteiger charge is -2.18. The summed E-state index contributed by atoms with van der Waals surface area (Å²) in [5, 5.41) is 24.7. The van der Waals surface area contributed by atoms with Gasteiger partial charge in [-0.05, 0) is 30.5 Å². The number of anilines is 1. The van der Waals surface area contributed by atoms with Gasteiger partial charge in [0.25, 0.3) is 5.97 Å². The predicted octanol–water partition coefficient (Wildman–Crippen LogP) is 0.338. The summed E-state index contributed by atoms with van der Waals surface area (Å²) in [5.41, 5.74) is 1.52. The van der Waals surface area contributed by atoms with Gasteiger partial charge in [0.1, 0.15) is 12.1 Å². The van der Waals surface area contributed by atoms with Gasteiger partial charge in [0, 0.05) is 19.2 Å². The molecular weight excluding hydrogens is 382 g/mol. The second-order valence-corrected chi connectivity index (χ2v) is 6.14. The number of nitrogens with two attached hydrogens (primary N) is 1. The minimum absolute atomic E-state index is 0.237. The molecule has 1 fully saturated rings. The highest BCUT2D eigenvalue weighted by atomic mass is 16.4. The Bertz CT molecular complexity index is 761. The molecule has 0 saturated carbocycles. The van der Waals surface area contributed by atoms with E-state index < -0.39 is 30.1 Å². The zero-order valence-corrected chi connectivity index (χ0v) is 16.2. The third-order valence-corrected chi connectivity index (χ3v) is 3.95. The molecule has 1 aromatic carbocycles. The lowest BCUT2D eigenvalue weighted by Crippen LogP contribution is -2.50. The van der Waals surface area contributed by atoms with Crippen molar-refractivity contribution in [1.29, 1.82) is 0 Å². The Morgan fingerprint density at radius 1 is 1.31 bits per heavy atom.